The molecule has 0 saturated carbocycles. The largest absolute Gasteiger partial charge is 0.394 e. The number of hydrogen-bond acceptors (Lipinski definition) is 6. The zero-order chi connectivity index (χ0) is 10.7. The quantitative estimate of drug-likeness (QED) is 0.349. The molecule has 0 aromatic rings. The molecule has 0 spiro atoms. The summed E-state index contributed by atoms with van der Waals surface area (Å²) in [5, 5.41) is 39.7. The van der Waals surface area contributed by atoms with Gasteiger partial charge in [-0.15, -0.1) is 0 Å². The van der Waals surface area contributed by atoms with Gasteiger partial charge in [0.05, 0.1) is 6.61 Å². The molecule has 0 aromatic heterocycles. The molecule has 1 unspecified atom stereocenters. The van der Waals surface area contributed by atoms with E-state index in [1.807, 2.05) is 0 Å². The van der Waals surface area contributed by atoms with Crippen LogP contribution in [0.3, 0.4) is 0 Å². The summed E-state index contributed by atoms with van der Waals surface area (Å²) < 4.78 is 4.87. The number of nitrogens with one attached hydrogen (secondary N) is 1. The van der Waals surface area contributed by atoms with Gasteiger partial charge in [0.25, 0.3) is 0 Å². The molecule has 5 atom stereocenters. The second-order valence-electron chi connectivity index (χ2n) is 3.13. The van der Waals surface area contributed by atoms with Gasteiger partial charge in [-0.2, -0.15) is 0 Å². The monoisotopic (exact) mass is 205 g/mol. The van der Waals surface area contributed by atoms with Crippen LogP contribution in [0.15, 0.2) is 12.8 Å². The first-order valence-electron chi connectivity index (χ1n) is 4.29. The van der Waals surface area contributed by atoms with Crippen LogP contribution < -0.4 is 5.32 Å². The maximum atomic E-state index is 9.53. The molecular formula is C8H15NO5. The van der Waals surface area contributed by atoms with Crippen molar-refractivity contribution in [1.82, 2.24) is 5.32 Å². The van der Waals surface area contributed by atoms with Gasteiger partial charge < -0.3 is 30.5 Å². The molecule has 0 radical (unpaired) electrons. The molecule has 1 fully saturated rings. The van der Waals surface area contributed by atoms with E-state index in [1.54, 1.807) is 0 Å². The van der Waals surface area contributed by atoms with E-state index in [1.165, 1.54) is 6.20 Å². The maximum Gasteiger partial charge on any atom is 0.178 e. The predicted molar refractivity (Wildman–Crippen MR) is 47.1 cm³/mol. The molecular weight excluding hydrogens is 190 g/mol. The molecule has 1 rings (SSSR count). The Balaban J connectivity index is 2.68. The zero-order valence-corrected chi connectivity index (χ0v) is 7.58. The summed E-state index contributed by atoms with van der Waals surface area (Å²) in [6, 6.07) is -0.842. The van der Waals surface area contributed by atoms with Crippen LogP contribution >= 0.6 is 0 Å². The zero-order valence-electron chi connectivity index (χ0n) is 7.58. The average Bonchev–Trinajstić information content (AvgIpc) is 2.18. The van der Waals surface area contributed by atoms with E-state index in [0.717, 1.165) is 0 Å². The first kappa shape index (κ1) is 11.4. The van der Waals surface area contributed by atoms with Crippen LogP contribution in [-0.4, -0.2) is 57.7 Å². The van der Waals surface area contributed by atoms with Gasteiger partial charge in [0.15, 0.2) is 6.29 Å². The van der Waals surface area contributed by atoms with Crippen LogP contribution in [0, 0.1) is 0 Å². The van der Waals surface area contributed by atoms with Crippen molar-refractivity contribution in [3.63, 3.8) is 0 Å². The molecule has 1 aliphatic rings. The molecule has 6 nitrogen and oxygen atoms in total. The standard InChI is InChI=1S/C8H15NO5/c1-2-9-5-7(12)6(11)4(3-10)14-8(5)13/h2,4-13H,1,3H2/t4-,5-,6+,7-,8?/m1/s1. The van der Waals surface area contributed by atoms with E-state index in [0.29, 0.717) is 0 Å². The van der Waals surface area contributed by atoms with Crippen molar-refractivity contribution in [2.75, 3.05) is 6.61 Å². The molecule has 6 heteroatoms. The Morgan fingerprint density at radius 3 is 2.43 bits per heavy atom. The summed E-state index contributed by atoms with van der Waals surface area (Å²) in [6.45, 7) is 2.91. The minimum atomic E-state index is -1.29. The van der Waals surface area contributed by atoms with Gasteiger partial charge in [-0.25, -0.2) is 0 Å². The minimum absolute atomic E-state index is 0.462. The van der Waals surface area contributed by atoms with E-state index < -0.39 is 37.3 Å². The highest BCUT2D eigenvalue weighted by Gasteiger charge is 2.42. The normalized spacial score (nSPS) is 43.3. The van der Waals surface area contributed by atoms with Gasteiger partial charge in [-0.1, -0.05) is 6.58 Å². The number of rotatable bonds is 3. The Labute approximate surface area is 81.4 Å². The van der Waals surface area contributed by atoms with Crippen molar-refractivity contribution in [1.29, 1.82) is 0 Å². The van der Waals surface area contributed by atoms with Crippen LogP contribution in [0.2, 0.25) is 0 Å². The first-order chi connectivity index (χ1) is 6.61. The lowest BCUT2D eigenvalue weighted by molar-refractivity contribution is -0.252. The lowest BCUT2D eigenvalue weighted by atomic mass is 9.97. The molecule has 1 aliphatic heterocycles. The Morgan fingerprint density at radius 2 is 1.93 bits per heavy atom. The SMILES string of the molecule is C=CN[C@H]1C(O)O[C@H](CO)[C@H](O)[C@@H]1O. The van der Waals surface area contributed by atoms with Gasteiger partial charge in [-0.3, -0.25) is 0 Å². The van der Waals surface area contributed by atoms with E-state index in [9.17, 15) is 15.3 Å². The number of hydrogen-bond donors (Lipinski definition) is 5. The third kappa shape index (κ3) is 2.05. The lowest BCUT2D eigenvalue weighted by Crippen LogP contribution is -2.62. The predicted octanol–water partition coefficient (Wildman–Crippen LogP) is -2.48. The third-order valence-electron chi connectivity index (χ3n) is 2.21. The number of aliphatic hydroxyl groups excluding tert-OH is 4. The van der Waals surface area contributed by atoms with Gasteiger partial charge in [0, 0.05) is 0 Å². The topological polar surface area (TPSA) is 102 Å². The highest BCUT2D eigenvalue weighted by Crippen LogP contribution is 2.19. The van der Waals surface area contributed by atoms with Gasteiger partial charge in [-0.05, 0) is 6.20 Å². The summed E-state index contributed by atoms with van der Waals surface area (Å²) in [5.74, 6) is 0. The molecule has 0 aliphatic carbocycles. The van der Waals surface area contributed by atoms with Crippen molar-refractivity contribution in [3.05, 3.63) is 12.8 Å². The fourth-order valence-corrected chi connectivity index (χ4v) is 1.41. The fraction of sp³-hybridized carbons (Fsp3) is 0.750. The van der Waals surface area contributed by atoms with E-state index in [2.05, 4.69) is 11.9 Å². The van der Waals surface area contributed by atoms with Crippen LogP contribution in [0.25, 0.3) is 0 Å². The van der Waals surface area contributed by atoms with Crippen molar-refractivity contribution in [3.8, 4) is 0 Å². The Bertz CT molecular complexity index is 200. The Morgan fingerprint density at radius 1 is 1.29 bits per heavy atom. The van der Waals surface area contributed by atoms with Crippen LogP contribution in [0.5, 0.6) is 0 Å². The molecule has 0 aromatic carbocycles. The second-order valence-corrected chi connectivity index (χ2v) is 3.13. The minimum Gasteiger partial charge on any atom is -0.394 e. The van der Waals surface area contributed by atoms with Gasteiger partial charge in [0.2, 0.25) is 0 Å². The third-order valence-corrected chi connectivity index (χ3v) is 2.21. The van der Waals surface area contributed by atoms with Gasteiger partial charge in [0.1, 0.15) is 24.4 Å². The maximum absolute atomic E-state index is 9.53. The summed E-state index contributed by atoms with van der Waals surface area (Å²) in [4.78, 5) is 0. The Kier molecular flexibility index (Phi) is 3.85. The highest BCUT2D eigenvalue weighted by atomic mass is 16.6. The van der Waals surface area contributed by atoms with E-state index in [-0.39, 0.29) is 0 Å². The summed E-state index contributed by atoms with van der Waals surface area (Å²) in [7, 11) is 0. The summed E-state index contributed by atoms with van der Waals surface area (Å²) in [6.07, 6.45) is -3.42. The molecule has 1 heterocycles. The molecule has 14 heavy (non-hydrogen) atoms. The van der Waals surface area contributed by atoms with Crippen LogP contribution in [0.1, 0.15) is 0 Å². The number of aliphatic hydroxyl groups is 4. The second kappa shape index (κ2) is 4.72. The Hall–Kier alpha value is -0.660. The lowest BCUT2D eigenvalue weighted by Gasteiger charge is -2.40. The first-order valence-corrected chi connectivity index (χ1v) is 4.29. The van der Waals surface area contributed by atoms with Crippen molar-refractivity contribution >= 4 is 0 Å². The van der Waals surface area contributed by atoms with Crippen molar-refractivity contribution in [2.24, 2.45) is 0 Å². The van der Waals surface area contributed by atoms with Crippen LogP contribution in [-0.2, 0) is 4.74 Å². The molecule has 5 N–H and O–H groups in total. The summed E-state index contributed by atoms with van der Waals surface area (Å²) >= 11 is 0. The van der Waals surface area contributed by atoms with Crippen LogP contribution in [0.4, 0.5) is 0 Å². The fourth-order valence-electron chi connectivity index (χ4n) is 1.41. The summed E-state index contributed by atoms with van der Waals surface area (Å²) in [5.41, 5.74) is 0. The number of ether oxygens (including phenoxy) is 1. The van der Waals surface area contributed by atoms with E-state index in [4.69, 9.17) is 9.84 Å². The van der Waals surface area contributed by atoms with Crippen molar-refractivity contribution < 1.29 is 25.2 Å². The molecule has 82 valence electrons. The smallest absolute Gasteiger partial charge is 0.178 e. The molecule has 0 bridgehead atoms. The van der Waals surface area contributed by atoms with Gasteiger partial charge >= 0.3 is 0 Å². The molecule has 1 saturated heterocycles. The van der Waals surface area contributed by atoms with Crippen molar-refractivity contribution in [2.45, 2.75) is 30.6 Å². The highest BCUT2D eigenvalue weighted by molar-refractivity contribution is 4.94. The van der Waals surface area contributed by atoms with E-state index >= 15 is 0 Å². The average molecular weight is 205 g/mol. The molecule has 0 amide bonds.